The van der Waals surface area contributed by atoms with Crippen LogP contribution in [0.4, 0.5) is 11.4 Å². The number of ether oxygens (including phenoxy) is 1. The highest BCUT2D eigenvalue weighted by Crippen LogP contribution is 2.24. The number of rotatable bonds is 7. The van der Waals surface area contributed by atoms with Gasteiger partial charge in [-0.2, -0.15) is 0 Å². The number of nitrogen functional groups attached to an aromatic ring is 1. The summed E-state index contributed by atoms with van der Waals surface area (Å²) in [5.74, 6) is 0.855. The van der Waals surface area contributed by atoms with Gasteiger partial charge in [-0.25, -0.2) is 0 Å². The molecular weight excluding hydrogens is 250 g/mol. The minimum absolute atomic E-state index is 0.640. The van der Waals surface area contributed by atoms with Crippen molar-refractivity contribution in [1.29, 1.82) is 0 Å². The molecule has 0 saturated carbocycles. The molecule has 1 aliphatic rings. The molecule has 1 aromatic carbocycles. The van der Waals surface area contributed by atoms with Gasteiger partial charge < -0.3 is 15.8 Å². The monoisotopic (exact) mass is 277 g/mol. The second kappa shape index (κ2) is 7.39. The first kappa shape index (κ1) is 15.0. The van der Waals surface area contributed by atoms with Crippen LogP contribution in [0.1, 0.15) is 33.1 Å². The predicted molar refractivity (Wildman–Crippen MR) is 85.4 cm³/mol. The highest BCUT2D eigenvalue weighted by atomic mass is 16.5. The van der Waals surface area contributed by atoms with Crippen LogP contribution in [-0.2, 0) is 0 Å². The van der Waals surface area contributed by atoms with Crippen molar-refractivity contribution in [2.75, 3.05) is 37.3 Å². The third-order valence-electron chi connectivity index (χ3n) is 3.85. The molecule has 1 fully saturated rings. The lowest BCUT2D eigenvalue weighted by Crippen LogP contribution is -2.34. The van der Waals surface area contributed by atoms with Crippen LogP contribution in [-0.4, -0.2) is 37.2 Å². The number of anilines is 2. The van der Waals surface area contributed by atoms with Gasteiger partial charge in [-0.15, -0.1) is 0 Å². The second-order valence-corrected chi connectivity index (χ2v) is 5.44. The summed E-state index contributed by atoms with van der Waals surface area (Å²) in [6.07, 6.45) is 3.59. The third-order valence-corrected chi connectivity index (χ3v) is 3.85. The molecule has 112 valence electrons. The first-order valence-electron chi connectivity index (χ1n) is 7.74. The van der Waals surface area contributed by atoms with Gasteiger partial charge in [0.25, 0.3) is 0 Å². The Balaban J connectivity index is 1.93. The maximum atomic E-state index is 5.94. The van der Waals surface area contributed by atoms with Gasteiger partial charge in [0.1, 0.15) is 5.75 Å². The summed E-state index contributed by atoms with van der Waals surface area (Å²) in [5, 5.41) is 3.51. The van der Waals surface area contributed by atoms with Gasteiger partial charge >= 0.3 is 0 Å². The average Bonchev–Trinajstić information content (AvgIpc) is 2.90. The molecule has 2 rings (SSSR count). The second-order valence-electron chi connectivity index (χ2n) is 5.44. The molecule has 1 saturated heterocycles. The van der Waals surface area contributed by atoms with E-state index >= 15 is 0 Å². The molecule has 4 nitrogen and oxygen atoms in total. The van der Waals surface area contributed by atoms with E-state index in [1.54, 1.807) is 0 Å². The Hall–Kier alpha value is -1.42. The molecule has 1 aromatic rings. The van der Waals surface area contributed by atoms with Crippen LogP contribution in [0.25, 0.3) is 0 Å². The maximum absolute atomic E-state index is 5.94. The molecule has 20 heavy (non-hydrogen) atoms. The van der Waals surface area contributed by atoms with E-state index in [0.29, 0.717) is 6.04 Å². The number of hydrogen-bond acceptors (Lipinski definition) is 4. The van der Waals surface area contributed by atoms with E-state index in [-0.39, 0.29) is 0 Å². The fourth-order valence-electron chi connectivity index (χ4n) is 2.81. The summed E-state index contributed by atoms with van der Waals surface area (Å²) in [6.45, 7) is 8.40. The molecule has 1 heterocycles. The molecule has 0 amide bonds. The zero-order chi connectivity index (χ0) is 14.4. The Labute approximate surface area is 122 Å². The van der Waals surface area contributed by atoms with Gasteiger partial charge in [0.2, 0.25) is 0 Å². The van der Waals surface area contributed by atoms with Crippen molar-refractivity contribution in [3.05, 3.63) is 18.2 Å². The zero-order valence-electron chi connectivity index (χ0n) is 12.7. The number of nitrogens with two attached hydrogens (primary N) is 1. The van der Waals surface area contributed by atoms with E-state index in [1.165, 1.54) is 19.4 Å². The van der Waals surface area contributed by atoms with Crippen molar-refractivity contribution >= 4 is 11.4 Å². The molecule has 0 radical (unpaired) electrons. The fraction of sp³-hybridized carbons (Fsp3) is 0.625. The van der Waals surface area contributed by atoms with E-state index in [4.69, 9.17) is 10.5 Å². The van der Waals surface area contributed by atoms with E-state index in [1.807, 2.05) is 18.2 Å². The van der Waals surface area contributed by atoms with Gasteiger partial charge in [0.05, 0.1) is 6.61 Å². The Kier molecular flexibility index (Phi) is 5.53. The minimum Gasteiger partial charge on any atom is -0.493 e. The van der Waals surface area contributed by atoms with Crippen molar-refractivity contribution in [1.82, 2.24) is 4.90 Å². The van der Waals surface area contributed by atoms with Crippen LogP contribution in [0, 0.1) is 0 Å². The maximum Gasteiger partial charge on any atom is 0.123 e. The molecule has 0 bridgehead atoms. The smallest absolute Gasteiger partial charge is 0.123 e. The Morgan fingerprint density at radius 1 is 1.35 bits per heavy atom. The third kappa shape index (κ3) is 4.04. The summed E-state index contributed by atoms with van der Waals surface area (Å²) in [5.41, 5.74) is 7.74. The van der Waals surface area contributed by atoms with Crippen molar-refractivity contribution in [2.24, 2.45) is 0 Å². The number of benzene rings is 1. The molecule has 0 aromatic heterocycles. The first-order chi connectivity index (χ1) is 9.72. The number of nitrogens with zero attached hydrogens (tertiary/aromatic N) is 1. The van der Waals surface area contributed by atoms with E-state index in [0.717, 1.165) is 43.2 Å². The van der Waals surface area contributed by atoms with Crippen LogP contribution in [0.15, 0.2) is 18.2 Å². The molecule has 0 aliphatic carbocycles. The van der Waals surface area contributed by atoms with Gasteiger partial charge in [-0.05, 0) is 38.4 Å². The molecule has 3 N–H and O–H groups in total. The molecule has 1 atom stereocenters. The molecule has 1 aliphatic heterocycles. The van der Waals surface area contributed by atoms with Crippen molar-refractivity contribution < 1.29 is 4.74 Å². The normalized spacial score (nSPS) is 19.2. The lowest BCUT2D eigenvalue weighted by Gasteiger charge is -2.23. The zero-order valence-corrected chi connectivity index (χ0v) is 12.7. The molecule has 1 unspecified atom stereocenters. The highest BCUT2D eigenvalue weighted by molar-refractivity contribution is 5.59. The lowest BCUT2D eigenvalue weighted by molar-refractivity contribution is 0.277. The highest BCUT2D eigenvalue weighted by Gasteiger charge is 2.22. The lowest BCUT2D eigenvalue weighted by atomic mass is 10.2. The largest absolute Gasteiger partial charge is 0.493 e. The number of likely N-dealkylation sites (tertiary alicyclic amines) is 1. The van der Waals surface area contributed by atoms with E-state index in [2.05, 4.69) is 24.1 Å². The van der Waals surface area contributed by atoms with Crippen molar-refractivity contribution in [3.8, 4) is 5.75 Å². The Morgan fingerprint density at radius 3 is 2.95 bits per heavy atom. The topological polar surface area (TPSA) is 50.5 Å². The average molecular weight is 277 g/mol. The quantitative estimate of drug-likeness (QED) is 0.752. The molecule has 4 heteroatoms. The van der Waals surface area contributed by atoms with Crippen molar-refractivity contribution in [2.45, 2.75) is 39.2 Å². The Bertz CT molecular complexity index is 422. The predicted octanol–water partition coefficient (Wildman–Crippen LogP) is 2.95. The Morgan fingerprint density at radius 2 is 2.20 bits per heavy atom. The van der Waals surface area contributed by atoms with Gasteiger partial charge in [-0.3, -0.25) is 4.90 Å². The van der Waals surface area contributed by atoms with Crippen molar-refractivity contribution in [3.63, 3.8) is 0 Å². The summed E-state index contributed by atoms with van der Waals surface area (Å²) in [4.78, 5) is 2.54. The summed E-state index contributed by atoms with van der Waals surface area (Å²) >= 11 is 0. The van der Waals surface area contributed by atoms with Gasteiger partial charge in [0, 0.05) is 36.1 Å². The fourth-order valence-corrected chi connectivity index (χ4v) is 2.81. The number of nitrogens with one attached hydrogen (secondary N) is 1. The van der Waals surface area contributed by atoms with Crippen LogP contribution in [0.2, 0.25) is 0 Å². The van der Waals surface area contributed by atoms with Crippen LogP contribution < -0.4 is 15.8 Å². The number of hydrogen-bond donors (Lipinski definition) is 2. The number of likely N-dealkylation sites (N-methyl/N-ethyl adjacent to an activating group) is 1. The van der Waals surface area contributed by atoms with E-state index in [9.17, 15) is 0 Å². The molecule has 0 spiro atoms. The first-order valence-corrected chi connectivity index (χ1v) is 7.74. The van der Waals surface area contributed by atoms with Gasteiger partial charge in [-0.1, -0.05) is 13.8 Å². The summed E-state index contributed by atoms with van der Waals surface area (Å²) < 4.78 is 5.66. The van der Waals surface area contributed by atoms with Crippen LogP contribution in [0.5, 0.6) is 5.75 Å². The minimum atomic E-state index is 0.640. The summed E-state index contributed by atoms with van der Waals surface area (Å²) in [6, 6.07) is 6.54. The van der Waals surface area contributed by atoms with Crippen LogP contribution >= 0.6 is 0 Å². The standard InChI is InChI=1S/C16H27N3O/c1-3-8-20-16-10-13(17)9-14(11-16)18-12-15-6-5-7-19(15)4-2/h9-11,15,18H,3-8,12,17H2,1-2H3. The van der Waals surface area contributed by atoms with Gasteiger partial charge in [0.15, 0.2) is 0 Å². The van der Waals surface area contributed by atoms with Crippen LogP contribution in [0.3, 0.4) is 0 Å². The summed E-state index contributed by atoms with van der Waals surface area (Å²) in [7, 11) is 0. The van der Waals surface area contributed by atoms with E-state index < -0.39 is 0 Å². The molecular formula is C16H27N3O. The SMILES string of the molecule is CCCOc1cc(N)cc(NCC2CCCN2CC)c1.